The second-order valence-corrected chi connectivity index (χ2v) is 6.94. The van der Waals surface area contributed by atoms with Crippen LogP contribution in [0.2, 0.25) is 5.02 Å². The van der Waals surface area contributed by atoms with Crippen LogP contribution in [0.1, 0.15) is 13.8 Å². The van der Waals surface area contributed by atoms with Crippen molar-refractivity contribution in [3.05, 3.63) is 29.3 Å². The number of rotatable bonds is 3. The highest BCUT2D eigenvalue weighted by molar-refractivity contribution is 7.92. The lowest BCUT2D eigenvalue weighted by Crippen LogP contribution is -2.39. The molecule has 0 aliphatic heterocycles. The number of sulfone groups is 1. The molecule has 0 aliphatic rings. The average Bonchev–Trinajstić information content (AvgIpc) is 2.17. The van der Waals surface area contributed by atoms with Gasteiger partial charge in [-0.2, -0.15) is 0 Å². The molecule has 0 unspecified atom stereocenters. The van der Waals surface area contributed by atoms with Crippen molar-refractivity contribution >= 4 is 21.4 Å². The molecule has 0 aliphatic carbocycles. The van der Waals surface area contributed by atoms with Crippen LogP contribution in [0.25, 0.3) is 0 Å². The molecule has 3 nitrogen and oxygen atoms in total. The zero-order chi connectivity index (χ0) is 11.7. The van der Waals surface area contributed by atoms with Gasteiger partial charge in [-0.1, -0.05) is 17.7 Å². The summed E-state index contributed by atoms with van der Waals surface area (Å²) in [6.45, 7) is 3.27. The number of halogens is 1. The molecule has 84 valence electrons. The molecule has 1 rings (SSSR count). The van der Waals surface area contributed by atoms with Crippen molar-refractivity contribution in [1.82, 2.24) is 0 Å². The molecule has 0 atom stereocenters. The molecule has 0 saturated heterocycles. The molecule has 15 heavy (non-hydrogen) atoms. The lowest BCUT2D eigenvalue weighted by Gasteiger charge is -2.22. The molecule has 0 heterocycles. The van der Waals surface area contributed by atoms with Crippen molar-refractivity contribution in [3.63, 3.8) is 0 Å². The molecule has 0 radical (unpaired) electrons. The van der Waals surface area contributed by atoms with Gasteiger partial charge in [-0.3, -0.25) is 0 Å². The van der Waals surface area contributed by atoms with Crippen LogP contribution in [0, 0.1) is 0 Å². The molecule has 1 aromatic rings. The Morgan fingerprint density at radius 2 is 2.00 bits per heavy atom. The summed E-state index contributed by atoms with van der Waals surface area (Å²) in [6, 6.07) is 6.21. The summed E-state index contributed by atoms with van der Waals surface area (Å²) in [5, 5.41) is 0.406. The SMILES string of the molecule is CC(C)(CN)S(=O)(=O)c1cccc(Cl)c1. The van der Waals surface area contributed by atoms with E-state index in [4.69, 9.17) is 17.3 Å². The van der Waals surface area contributed by atoms with E-state index in [0.717, 1.165) is 0 Å². The number of hydrogen-bond donors (Lipinski definition) is 1. The molecular weight excluding hydrogens is 234 g/mol. The van der Waals surface area contributed by atoms with Crippen LogP contribution in [0.4, 0.5) is 0 Å². The highest BCUT2D eigenvalue weighted by atomic mass is 35.5. The molecule has 0 amide bonds. The van der Waals surface area contributed by atoms with E-state index in [9.17, 15) is 8.42 Å². The van der Waals surface area contributed by atoms with Crippen molar-refractivity contribution in [1.29, 1.82) is 0 Å². The normalized spacial score (nSPS) is 12.8. The maximum atomic E-state index is 12.1. The van der Waals surface area contributed by atoms with Gasteiger partial charge in [-0.25, -0.2) is 8.42 Å². The minimum absolute atomic E-state index is 0.0713. The highest BCUT2D eigenvalue weighted by Gasteiger charge is 2.34. The van der Waals surface area contributed by atoms with Gasteiger partial charge in [-0.15, -0.1) is 0 Å². The molecule has 2 N–H and O–H groups in total. The summed E-state index contributed by atoms with van der Waals surface area (Å²) in [4.78, 5) is 0.213. The molecule has 0 saturated carbocycles. The first-order chi connectivity index (χ1) is 6.81. The lowest BCUT2D eigenvalue weighted by atomic mass is 10.2. The van der Waals surface area contributed by atoms with Crippen molar-refractivity contribution in [2.24, 2.45) is 5.73 Å². The number of nitrogens with two attached hydrogens (primary N) is 1. The molecular formula is C10H14ClNO2S. The van der Waals surface area contributed by atoms with Crippen molar-refractivity contribution in [2.75, 3.05) is 6.54 Å². The van der Waals surface area contributed by atoms with E-state index < -0.39 is 14.6 Å². The Morgan fingerprint density at radius 3 is 2.47 bits per heavy atom. The zero-order valence-electron chi connectivity index (χ0n) is 8.70. The number of hydrogen-bond acceptors (Lipinski definition) is 3. The van der Waals surface area contributed by atoms with E-state index >= 15 is 0 Å². The third-order valence-corrected chi connectivity index (χ3v) is 5.06. The standard InChI is InChI=1S/C10H14ClNO2S/c1-10(2,7-12)15(13,14)9-5-3-4-8(11)6-9/h3-6H,7,12H2,1-2H3. The molecule has 0 bridgehead atoms. The van der Waals surface area contributed by atoms with Crippen molar-refractivity contribution in [3.8, 4) is 0 Å². The van der Waals surface area contributed by atoms with Gasteiger partial charge < -0.3 is 5.73 Å². The summed E-state index contributed by atoms with van der Waals surface area (Å²) in [6.07, 6.45) is 0. The van der Waals surface area contributed by atoms with Crippen LogP contribution in [0.3, 0.4) is 0 Å². The van der Waals surface area contributed by atoms with Crippen LogP contribution >= 0.6 is 11.6 Å². The van der Waals surface area contributed by atoms with Gasteiger partial charge in [0.05, 0.1) is 9.64 Å². The zero-order valence-corrected chi connectivity index (χ0v) is 10.3. The Hall–Kier alpha value is -0.580. The van der Waals surface area contributed by atoms with Gasteiger partial charge >= 0.3 is 0 Å². The fourth-order valence-electron chi connectivity index (χ4n) is 1.06. The Bertz CT molecular complexity index is 454. The second-order valence-electron chi connectivity index (χ2n) is 3.92. The van der Waals surface area contributed by atoms with E-state index in [2.05, 4.69) is 0 Å². The summed E-state index contributed by atoms with van der Waals surface area (Å²) in [5.74, 6) is 0. The van der Waals surface area contributed by atoms with Gasteiger partial charge in [0.25, 0.3) is 0 Å². The first kappa shape index (κ1) is 12.5. The maximum absolute atomic E-state index is 12.1. The van der Waals surface area contributed by atoms with Gasteiger partial charge in [0.2, 0.25) is 0 Å². The van der Waals surface area contributed by atoms with E-state index in [1.807, 2.05) is 0 Å². The average molecular weight is 248 g/mol. The molecule has 0 aromatic heterocycles. The molecule has 0 fully saturated rings. The fourth-order valence-corrected chi connectivity index (χ4v) is 2.72. The molecule has 1 aromatic carbocycles. The van der Waals surface area contributed by atoms with Gasteiger partial charge in [-0.05, 0) is 32.0 Å². The van der Waals surface area contributed by atoms with Crippen LogP contribution in [-0.2, 0) is 9.84 Å². The smallest absolute Gasteiger partial charge is 0.184 e. The van der Waals surface area contributed by atoms with E-state index in [0.29, 0.717) is 5.02 Å². The van der Waals surface area contributed by atoms with E-state index in [-0.39, 0.29) is 11.4 Å². The van der Waals surface area contributed by atoms with Crippen molar-refractivity contribution < 1.29 is 8.42 Å². The first-order valence-corrected chi connectivity index (χ1v) is 6.37. The summed E-state index contributed by atoms with van der Waals surface area (Å²) < 4.78 is 23.2. The predicted molar refractivity (Wildman–Crippen MR) is 61.8 cm³/mol. The largest absolute Gasteiger partial charge is 0.329 e. The fraction of sp³-hybridized carbons (Fsp3) is 0.400. The molecule has 0 spiro atoms. The topological polar surface area (TPSA) is 60.2 Å². The van der Waals surface area contributed by atoms with E-state index in [1.165, 1.54) is 12.1 Å². The summed E-state index contributed by atoms with van der Waals surface area (Å²) >= 11 is 5.75. The van der Waals surface area contributed by atoms with Crippen molar-refractivity contribution in [2.45, 2.75) is 23.5 Å². The maximum Gasteiger partial charge on any atom is 0.184 e. The minimum atomic E-state index is -3.42. The van der Waals surface area contributed by atoms with Gasteiger partial charge in [0.15, 0.2) is 9.84 Å². The minimum Gasteiger partial charge on any atom is -0.329 e. The second kappa shape index (κ2) is 4.12. The third kappa shape index (κ3) is 2.33. The Kier molecular flexibility index (Phi) is 3.43. The van der Waals surface area contributed by atoms with Crippen LogP contribution in [0.5, 0.6) is 0 Å². The van der Waals surface area contributed by atoms with E-state index in [1.54, 1.807) is 26.0 Å². The quantitative estimate of drug-likeness (QED) is 0.887. The first-order valence-electron chi connectivity index (χ1n) is 4.51. The highest BCUT2D eigenvalue weighted by Crippen LogP contribution is 2.26. The Labute approximate surface area is 95.2 Å². The van der Waals surface area contributed by atoms with Crippen LogP contribution < -0.4 is 5.73 Å². The van der Waals surface area contributed by atoms with Crippen LogP contribution in [-0.4, -0.2) is 19.7 Å². The van der Waals surface area contributed by atoms with Gasteiger partial charge in [0.1, 0.15) is 0 Å². The lowest BCUT2D eigenvalue weighted by molar-refractivity contribution is 0.549. The molecule has 5 heteroatoms. The Balaban J connectivity index is 3.30. The summed E-state index contributed by atoms with van der Waals surface area (Å²) in [5.41, 5.74) is 5.46. The van der Waals surface area contributed by atoms with Crippen LogP contribution in [0.15, 0.2) is 29.2 Å². The third-order valence-electron chi connectivity index (χ3n) is 2.33. The monoisotopic (exact) mass is 247 g/mol. The summed E-state index contributed by atoms with van der Waals surface area (Å²) in [7, 11) is -3.42. The predicted octanol–water partition coefficient (Wildman–Crippen LogP) is 1.85. The Morgan fingerprint density at radius 1 is 1.40 bits per heavy atom. The number of benzene rings is 1. The van der Waals surface area contributed by atoms with Gasteiger partial charge in [0, 0.05) is 11.6 Å².